The fourth-order valence-electron chi connectivity index (χ4n) is 4.31. The van der Waals surface area contributed by atoms with Gasteiger partial charge in [-0.15, -0.1) is 22.7 Å². The molecule has 2 N–H and O–H groups in total. The summed E-state index contributed by atoms with van der Waals surface area (Å²) < 4.78 is 6.60. The highest BCUT2D eigenvalue weighted by molar-refractivity contribution is 7.22. The summed E-state index contributed by atoms with van der Waals surface area (Å²) in [6.45, 7) is 1.25. The molecule has 162 valence electrons. The van der Waals surface area contributed by atoms with E-state index in [0.29, 0.717) is 27.0 Å². The van der Waals surface area contributed by atoms with E-state index in [2.05, 4.69) is 10.6 Å². The molecule has 0 radical (unpaired) electrons. The van der Waals surface area contributed by atoms with Crippen molar-refractivity contribution in [2.75, 3.05) is 18.5 Å². The summed E-state index contributed by atoms with van der Waals surface area (Å²) in [5, 5.41) is 8.00. The van der Waals surface area contributed by atoms with Crippen LogP contribution >= 0.6 is 34.3 Å². The molecule has 3 aromatic rings. The maximum atomic E-state index is 13.1. The number of aryl methyl sites for hydroxylation is 1. The predicted octanol–water partition coefficient (Wildman–Crippen LogP) is 5.66. The molecule has 31 heavy (non-hydrogen) atoms. The number of thiophene rings is 2. The van der Waals surface area contributed by atoms with Gasteiger partial charge in [-0.3, -0.25) is 9.59 Å². The molecule has 1 aromatic carbocycles. The first-order valence-electron chi connectivity index (χ1n) is 10.6. The van der Waals surface area contributed by atoms with E-state index in [4.69, 9.17) is 16.3 Å². The Morgan fingerprint density at radius 2 is 1.94 bits per heavy atom. The van der Waals surface area contributed by atoms with Crippen molar-refractivity contribution >= 4 is 61.2 Å². The number of carbonyl (C=O) groups is 2. The van der Waals surface area contributed by atoms with Crippen molar-refractivity contribution in [2.45, 2.75) is 44.6 Å². The lowest BCUT2D eigenvalue weighted by atomic mass is 9.95. The molecule has 0 spiro atoms. The number of benzene rings is 1. The summed E-state index contributed by atoms with van der Waals surface area (Å²) in [6.07, 6.45) is 6.07. The molecule has 2 amide bonds. The Labute approximate surface area is 193 Å². The predicted molar refractivity (Wildman–Crippen MR) is 127 cm³/mol. The lowest BCUT2D eigenvalue weighted by molar-refractivity contribution is 0.0858. The average Bonchev–Trinajstić information content (AvgIpc) is 3.50. The Hall–Kier alpha value is -1.93. The SMILES string of the molecule is O=C(Nc1sc2c(c1C(=O)NCC1CCCO1)CCCC2)c1sc2ccccc2c1Cl. The van der Waals surface area contributed by atoms with Crippen LogP contribution in [-0.4, -0.2) is 31.1 Å². The van der Waals surface area contributed by atoms with Gasteiger partial charge < -0.3 is 15.4 Å². The fourth-order valence-corrected chi connectivity index (χ4v) is 7.01. The maximum Gasteiger partial charge on any atom is 0.267 e. The molecular weight excluding hydrogens is 452 g/mol. The third-order valence-electron chi connectivity index (χ3n) is 5.88. The van der Waals surface area contributed by atoms with Crippen LogP contribution in [-0.2, 0) is 17.6 Å². The first-order chi connectivity index (χ1) is 15.1. The van der Waals surface area contributed by atoms with E-state index in [1.54, 1.807) is 0 Å². The van der Waals surface area contributed by atoms with E-state index in [9.17, 15) is 9.59 Å². The minimum Gasteiger partial charge on any atom is -0.376 e. The number of amides is 2. The Kier molecular flexibility index (Phi) is 6.01. The largest absolute Gasteiger partial charge is 0.376 e. The number of hydrogen-bond acceptors (Lipinski definition) is 5. The molecule has 3 heterocycles. The van der Waals surface area contributed by atoms with Crippen molar-refractivity contribution in [1.82, 2.24) is 5.32 Å². The zero-order valence-corrected chi connectivity index (χ0v) is 19.4. The molecular formula is C23H23ClN2O3S2. The minimum atomic E-state index is -0.266. The highest BCUT2D eigenvalue weighted by Crippen LogP contribution is 2.40. The highest BCUT2D eigenvalue weighted by atomic mass is 35.5. The summed E-state index contributed by atoms with van der Waals surface area (Å²) >= 11 is 9.40. The number of rotatable bonds is 5. The van der Waals surface area contributed by atoms with E-state index in [-0.39, 0.29) is 17.9 Å². The van der Waals surface area contributed by atoms with Crippen LogP contribution < -0.4 is 10.6 Å². The van der Waals surface area contributed by atoms with Crippen LogP contribution in [0.2, 0.25) is 5.02 Å². The summed E-state index contributed by atoms with van der Waals surface area (Å²) in [4.78, 5) is 27.9. The van der Waals surface area contributed by atoms with E-state index in [0.717, 1.165) is 60.8 Å². The lowest BCUT2D eigenvalue weighted by Gasteiger charge is -2.15. The topological polar surface area (TPSA) is 67.4 Å². The second-order valence-electron chi connectivity index (χ2n) is 7.96. The highest BCUT2D eigenvalue weighted by Gasteiger charge is 2.28. The fraction of sp³-hybridized carbons (Fsp3) is 0.391. The van der Waals surface area contributed by atoms with Gasteiger partial charge in [0, 0.05) is 28.1 Å². The second kappa shape index (κ2) is 8.90. The van der Waals surface area contributed by atoms with Crippen LogP contribution in [0, 0.1) is 0 Å². The molecule has 0 saturated carbocycles. The molecule has 1 fully saturated rings. The first kappa shape index (κ1) is 20.9. The van der Waals surface area contributed by atoms with E-state index >= 15 is 0 Å². The molecule has 1 aliphatic carbocycles. The normalized spacial score (nSPS) is 18.2. The second-order valence-corrected chi connectivity index (χ2v) is 10.5. The van der Waals surface area contributed by atoms with Crippen molar-refractivity contribution in [3.05, 3.63) is 50.2 Å². The first-order valence-corrected chi connectivity index (χ1v) is 12.7. The quantitative estimate of drug-likeness (QED) is 0.501. The number of carbonyl (C=O) groups excluding carboxylic acids is 2. The monoisotopic (exact) mass is 474 g/mol. The number of hydrogen-bond donors (Lipinski definition) is 2. The standard InChI is InChI=1S/C23H23ClN2O3S2/c24-19-15-8-2-4-10-17(15)30-20(19)22(28)26-23-18(14-7-1-3-9-16(14)31-23)21(27)25-12-13-6-5-11-29-13/h2,4,8,10,13H,1,3,5-7,9,11-12H2,(H,25,27)(H,26,28). The Balaban J connectivity index is 1.42. The van der Waals surface area contributed by atoms with E-state index in [1.807, 2.05) is 24.3 Å². The van der Waals surface area contributed by atoms with Gasteiger partial charge in [-0.1, -0.05) is 29.8 Å². The Bertz CT molecular complexity index is 1150. The molecule has 1 saturated heterocycles. The van der Waals surface area contributed by atoms with Gasteiger partial charge in [0.1, 0.15) is 9.88 Å². The van der Waals surface area contributed by atoms with Crippen LogP contribution in [0.25, 0.3) is 10.1 Å². The van der Waals surface area contributed by atoms with Crippen LogP contribution in [0.4, 0.5) is 5.00 Å². The average molecular weight is 475 g/mol. The summed E-state index contributed by atoms with van der Waals surface area (Å²) in [6, 6.07) is 7.71. The number of halogens is 1. The molecule has 8 heteroatoms. The summed E-state index contributed by atoms with van der Waals surface area (Å²) in [5.74, 6) is -0.398. The lowest BCUT2D eigenvalue weighted by Crippen LogP contribution is -2.32. The summed E-state index contributed by atoms with van der Waals surface area (Å²) in [7, 11) is 0. The van der Waals surface area contributed by atoms with E-state index < -0.39 is 0 Å². The van der Waals surface area contributed by atoms with E-state index in [1.165, 1.54) is 27.6 Å². The molecule has 0 bridgehead atoms. The number of fused-ring (bicyclic) bond motifs is 2. The van der Waals surface area contributed by atoms with Crippen molar-refractivity contribution < 1.29 is 14.3 Å². The molecule has 1 unspecified atom stereocenters. The molecule has 1 aliphatic heterocycles. The zero-order valence-electron chi connectivity index (χ0n) is 17.0. The van der Waals surface area contributed by atoms with Crippen LogP contribution in [0.3, 0.4) is 0 Å². The van der Waals surface area contributed by atoms with Gasteiger partial charge in [-0.2, -0.15) is 0 Å². The van der Waals surface area contributed by atoms with Crippen molar-refractivity contribution in [3.8, 4) is 0 Å². The van der Waals surface area contributed by atoms with Gasteiger partial charge >= 0.3 is 0 Å². The number of anilines is 1. The molecule has 5 rings (SSSR count). The third-order valence-corrected chi connectivity index (χ3v) is 8.76. The minimum absolute atomic E-state index is 0.0776. The molecule has 2 aliphatic rings. The van der Waals surface area contributed by atoms with Gasteiger partial charge in [-0.25, -0.2) is 0 Å². The van der Waals surface area contributed by atoms with Crippen molar-refractivity contribution in [2.24, 2.45) is 0 Å². The zero-order chi connectivity index (χ0) is 21.4. The molecule has 5 nitrogen and oxygen atoms in total. The van der Waals surface area contributed by atoms with Gasteiger partial charge in [0.15, 0.2) is 0 Å². The third kappa shape index (κ3) is 4.12. The van der Waals surface area contributed by atoms with Crippen molar-refractivity contribution in [1.29, 1.82) is 0 Å². The van der Waals surface area contributed by atoms with Crippen LogP contribution in [0.5, 0.6) is 0 Å². The Morgan fingerprint density at radius 1 is 1.10 bits per heavy atom. The summed E-state index contributed by atoms with van der Waals surface area (Å²) in [5.41, 5.74) is 1.70. The maximum absolute atomic E-state index is 13.1. The molecule has 2 aromatic heterocycles. The Morgan fingerprint density at radius 3 is 2.74 bits per heavy atom. The van der Waals surface area contributed by atoms with Crippen LogP contribution in [0.1, 0.15) is 56.2 Å². The number of ether oxygens (including phenoxy) is 1. The number of nitrogens with one attached hydrogen (secondary N) is 2. The van der Waals surface area contributed by atoms with Gasteiger partial charge in [0.25, 0.3) is 11.8 Å². The molecule has 1 atom stereocenters. The van der Waals surface area contributed by atoms with Crippen molar-refractivity contribution in [3.63, 3.8) is 0 Å². The van der Waals surface area contributed by atoms with Gasteiger partial charge in [-0.05, 0) is 50.2 Å². The van der Waals surface area contributed by atoms with Crippen LogP contribution in [0.15, 0.2) is 24.3 Å². The smallest absolute Gasteiger partial charge is 0.267 e. The van der Waals surface area contributed by atoms with Gasteiger partial charge in [0.05, 0.1) is 16.7 Å². The van der Waals surface area contributed by atoms with Gasteiger partial charge in [0.2, 0.25) is 0 Å².